The van der Waals surface area contributed by atoms with Gasteiger partial charge in [0, 0.05) is 30.7 Å². The molecule has 0 aliphatic carbocycles. The lowest BCUT2D eigenvalue weighted by molar-refractivity contribution is -0.140. The lowest BCUT2D eigenvalue weighted by Gasteiger charge is -2.14. The fourth-order valence-corrected chi connectivity index (χ4v) is 2.78. The van der Waals surface area contributed by atoms with Gasteiger partial charge in [-0.15, -0.1) is 0 Å². The molecule has 2 heterocycles. The van der Waals surface area contributed by atoms with Crippen molar-refractivity contribution in [1.29, 1.82) is 0 Å². The summed E-state index contributed by atoms with van der Waals surface area (Å²) in [4.78, 5) is 8.59. The third-order valence-corrected chi connectivity index (χ3v) is 4.05. The minimum absolute atomic E-state index is 0.0724. The largest absolute Gasteiger partial charge is 0.419 e. The monoisotopic (exact) mass is 355 g/mol. The number of alkyl halides is 3. The fourth-order valence-electron chi connectivity index (χ4n) is 2.78. The highest BCUT2D eigenvalue weighted by molar-refractivity contribution is 5.39. The van der Waals surface area contributed by atoms with Crippen molar-refractivity contribution >= 4 is 5.82 Å². The van der Waals surface area contributed by atoms with Crippen molar-refractivity contribution in [1.82, 2.24) is 9.97 Å². The predicted octanol–water partition coefficient (Wildman–Crippen LogP) is 4.06. The first-order chi connectivity index (χ1) is 11.8. The summed E-state index contributed by atoms with van der Waals surface area (Å²) >= 11 is 0. The van der Waals surface area contributed by atoms with Crippen LogP contribution in [-0.2, 0) is 17.5 Å². The second-order valence-corrected chi connectivity index (χ2v) is 5.92. The van der Waals surface area contributed by atoms with E-state index in [0.717, 1.165) is 18.2 Å². The average Bonchev–Trinajstić information content (AvgIpc) is 3.07. The molecule has 1 aliphatic heterocycles. The van der Waals surface area contributed by atoms with Crippen molar-refractivity contribution in [2.45, 2.75) is 32.0 Å². The zero-order valence-electron chi connectivity index (χ0n) is 13.5. The number of hydrogen-bond acceptors (Lipinski definition) is 4. The summed E-state index contributed by atoms with van der Waals surface area (Å²) in [6, 6.07) is 4.97. The van der Waals surface area contributed by atoms with Crippen molar-refractivity contribution in [3.8, 4) is 0 Å². The highest BCUT2D eigenvalue weighted by atomic mass is 19.4. The topological polar surface area (TPSA) is 47.0 Å². The van der Waals surface area contributed by atoms with E-state index in [1.807, 2.05) is 0 Å². The summed E-state index contributed by atoms with van der Waals surface area (Å²) in [5.74, 6) is -0.104. The summed E-state index contributed by atoms with van der Waals surface area (Å²) in [6.07, 6.45) is -3.86. The molecule has 0 spiro atoms. The minimum Gasteiger partial charge on any atom is -0.381 e. The maximum absolute atomic E-state index is 14.1. The molecule has 25 heavy (non-hydrogen) atoms. The molecular weight excluding hydrogens is 338 g/mol. The van der Waals surface area contributed by atoms with Crippen LogP contribution in [0.15, 0.2) is 24.3 Å². The molecule has 1 aromatic carbocycles. The quantitative estimate of drug-likeness (QED) is 0.841. The van der Waals surface area contributed by atoms with Crippen LogP contribution in [-0.4, -0.2) is 23.2 Å². The first-order valence-corrected chi connectivity index (χ1v) is 7.86. The van der Waals surface area contributed by atoms with Gasteiger partial charge in [0.25, 0.3) is 0 Å². The van der Waals surface area contributed by atoms with Gasteiger partial charge in [0.1, 0.15) is 17.5 Å². The van der Waals surface area contributed by atoms with Gasteiger partial charge in [-0.2, -0.15) is 13.2 Å². The lowest BCUT2D eigenvalue weighted by Crippen LogP contribution is -2.12. The maximum Gasteiger partial charge on any atom is 0.419 e. The Morgan fingerprint density at radius 1 is 1.28 bits per heavy atom. The number of halogens is 4. The van der Waals surface area contributed by atoms with E-state index in [0.29, 0.717) is 24.9 Å². The number of hydrogen-bond donors (Lipinski definition) is 1. The van der Waals surface area contributed by atoms with E-state index >= 15 is 0 Å². The average molecular weight is 355 g/mol. The van der Waals surface area contributed by atoms with Gasteiger partial charge in [0.05, 0.1) is 17.9 Å². The Labute approximate surface area is 142 Å². The van der Waals surface area contributed by atoms with E-state index in [1.54, 1.807) is 13.0 Å². The van der Waals surface area contributed by atoms with Gasteiger partial charge in [-0.1, -0.05) is 12.1 Å². The van der Waals surface area contributed by atoms with Crippen molar-refractivity contribution in [2.75, 3.05) is 18.5 Å². The van der Waals surface area contributed by atoms with E-state index in [-0.39, 0.29) is 18.0 Å². The van der Waals surface area contributed by atoms with E-state index < -0.39 is 17.6 Å². The Morgan fingerprint density at radius 3 is 2.76 bits per heavy atom. The van der Waals surface area contributed by atoms with Crippen molar-refractivity contribution in [2.24, 2.45) is 0 Å². The molecular formula is C17H17F4N3O. The highest BCUT2D eigenvalue weighted by Crippen LogP contribution is 2.32. The number of anilines is 1. The van der Waals surface area contributed by atoms with Crippen LogP contribution >= 0.6 is 0 Å². The molecule has 2 aromatic rings. The molecule has 1 aromatic heterocycles. The predicted molar refractivity (Wildman–Crippen MR) is 83.7 cm³/mol. The molecule has 1 atom stereocenters. The molecule has 4 nitrogen and oxygen atoms in total. The Kier molecular flexibility index (Phi) is 4.89. The summed E-state index contributed by atoms with van der Waals surface area (Å²) < 4.78 is 57.7. The van der Waals surface area contributed by atoms with Gasteiger partial charge in [0.15, 0.2) is 0 Å². The number of nitrogens with zero attached hydrogens (tertiary/aromatic N) is 2. The zero-order chi connectivity index (χ0) is 18.0. The maximum atomic E-state index is 14.1. The third kappa shape index (κ3) is 4.07. The van der Waals surface area contributed by atoms with Crippen LogP contribution in [0.4, 0.5) is 23.4 Å². The van der Waals surface area contributed by atoms with E-state index in [9.17, 15) is 17.6 Å². The van der Waals surface area contributed by atoms with Crippen LogP contribution in [0.1, 0.15) is 35.0 Å². The smallest absolute Gasteiger partial charge is 0.381 e. The second-order valence-electron chi connectivity index (χ2n) is 5.92. The molecule has 0 amide bonds. The van der Waals surface area contributed by atoms with Crippen LogP contribution in [0, 0.1) is 12.7 Å². The van der Waals surface area contributed by atoms with Crippen molar-refractivity contribution in [3.63, 3.8) is 0 Å². The lowest BCUT2D eigenvalue weighted by atomic mass is 10.0. The number of aromatic nitrogens is 2. The Balaban J connectivity index is 1.78. The molecule has 0 unspecified atom stereocenters. The van der Waals surface area contributed by atoms with Gasteiger partial charge >= 0.3 is 6.18 Å². The number of ether oxygens (including phenoxy) is 1. The molecule has 0 saturated carbocycles. The van der Waals surface area contributed by atoms with Gasteiger partial charge in [-0.3, -0.25) is 0 Å². The number of benzene rings is 1. The first kappa shape index (κ1) is 17.6. The van der Waals surface area contributed by atoms with E-state index in [1.165, 1.54) is 12.1 Å². The van der Waals surface area contributed by atoms with Gasteiger partial charge in [-0.05, 0) is 19.4 Å². The number of nitrogens with one attached hydrogen (secondary N) is 1. The molecule has 8 heteroatoms. The standard InChI is InChI=1S/C17H17F4N3O/c1-10-23-14(12-5-6-25-9-12)7-15(24-10)22-8-11-3-2-4-13(16(11)18)17(19,20)21/h2-4,7,12H,5-6,8-9H2,1H3,(H,22,23,24)/t12-/m1/s1. The van der Waals surface area contributed by atoms with Crippen LogP contribution in [0.3, 0.4) is 0 Å². The number of aryl methyl sites for hydroxylation is 1. The Bertz CT molecular complexity index is 758. The molecule has 0 bridgehead atoms. The third-order valence-electron chi connectivity index (χ3n) is 4.05. The molecule has 0 radical (unpaired) electrons. The molecule has 134 valence electrons. The molecule has 1 saturated heterocycles. The number of rotatable bonds is 4. The van der Waals surface area contributed by atoms with E-state index in [4.69, 9.17) is 4.74 Å². The van der Waals surface area contributed by atoms with Crippen molar-refractivity contribution < 1.29 is 22.3 Å². The van der Waals surface area contributed by atoms with Crippen LogP contribution in [0.5, 0.6) is 0 Å². The normalized spacial score (nSPS) is 17.7. The second kappa shape index (κ2) is 6.95. The minimum atomic E-state index is -4.72. The molecule has 1 aliphatic rings. The van der Waals surface area contributed by atoms with Gasteiger partial charge < -0.3 is 10.1 Å². The Hall–Kier alpha value is -2.22. The van der Waals surface area contributed by atoms with Crippen molar-refractivity contribution in [3.05, 3.63) is 52.7 Å². The summed E-state index contributed by atoms with van der Waals surface area (Å²) in [5, 5.41) is 2.89. The van der Waals surface area contributed by atoms with Gasteiger partial charge in [0.2, 0.25) is 0 Å². The summed E-state index contributed by atoms with van der Waals surface area (Å²) in [6.45, 7) is 2.88. The van der Waals surface area contributed by atoms with Crippen LogP contribution in [0.2, 0.25) is 0 Å². The molecule has 1 N–H and O–H groups in total. The molecule has 1 fully saturated rings. The van der Waals surface area contributed by atoms with Gasteiger partial charge in [-0.25, -0.2) is 14.4 Å². The highest BCUT2D eigenvalue weighted by Gasteiger charge is 2.34. The fraction of sp³-hybridized carbons (Fsp3) is 0.412. The van der Waals surface area contributed by atoms with Crippen LogP contribution < -0.4 is 5.32 Å². The molecule has 3 rings (SSSR count). The SMILES string of the molecule is Cc1nc(NCc2cccc(C(F)(F)F)c2F)cc([C@@H]2CCOC2)n1. The van der Waals surface area contributed by atoms with Crippen LogP contribution in [0.25, 0.3) is 0 Å². The first-order valence-electron chi connectivity index (χ1n) is 7.86. The summed E-state index contributed by atoms with van der Waals surface area (Å²) in [7, 11) is 0. The zero-order valence-corrected chi connectivity index (χ0v) is 13.5. The van der Waals surface area contributed by atoms with E-state index in [2.05, 4.69) is 15.3 Å². The Morgan fingerprint density at radius 2 is 2.08 bits per heavy atom. The summed E-state index contributed by atoms with van der Waals surface area (Å²) in [5.41, 5.74) is -0.525.